The molecule has 0 spiro atoms. The Morgan fingerprint density at radius 3 is 2.56 bits per heavy atom. The molecule has 2 atom stereocenters. The maximum atomic E-state index is 10.9. The largest absolute Gasteiger partial charge is 0.462 e. The van der Waals surface area contributed by atoms with Crippen molar-refractivity contribution >= 4 is 5.97 Å². The Balaban J connectivity index is 4.29. The van der Waals surface area contributed by atoms with Crippen LogP contribution >= 0.6 is 0 Å². The van der Waals surface area contributed by atoms with E-state index in [0.29, 0.717) is 6.61 Å². The fourth-order valence-corrected chi connectivity index (χ4v) is 1.53. The summed E-state index contributed by atoms with van der Waals surface area (Å²) in [6, 6.07) is 0. The van der Waals surface area contributed by atoms with Crippen molar-refractivity contribution in [3.05, 3.63) is 12.7 Å². The Labute approximate surface area is 97.2 Å². The monoisotopic (exact) mass is 230 g/mol. The van der Waals surface area contributed by atoms with Gasteiger partial charge in [-0.2, -0.15) is 0 Å². The van der Waals surface area contributed by atoms with E-state index in [-0.39, 0.29) is 12.5 Å². The molecule has 0 aromatic heterocycles. The quantitative estimate of drug-likeness (QED) is 0.530. The Kier molecular flexibility index (Phi) is 6.29. The van der Waals surface area contributed by atoms with E-state index >= 15 is 0 Å². The molecule has 16 heavy (non-hydrogen) atoms. The molecule has 0 saturated carbocycles. The van der Waals surface area contributed by atoms with Gasteiger partial charge in [-0.25, -0.2) is 4.79 Å². The average molecular weight is 230 g/mol. The zero-order valence-electron chi connectivity index (χ0n) is 10.5. The molecule has 0 rings (SSSR count). The van der Waals surface area contributed by atoms with E-state index in [1.165, 1.54) is 0 Å². The predicted molar refractivity (Wildman–Crippen MR) is 62.0 cm³/mol. The summed E-state index contributed by atoms with van der Waals surface area (Å²) in [5.74, 6) is -0.484. The number of rotatable bonds is 7. The third-order valence-electron chi connectivity index (χ3n) is 2.52. The van der Waals surface area contributed by atoms with Crippen molar-refractivity contribution in [3.8, 4) is 0 Å². The number of methoxy groups -OCH3 is 1. The molecule has 0 bridgehead atoms. The van der Waals surface area contributed by atoms with Gasteiger partial charge < -0.3 is 14.6 Å². The number of esters is 1. The van der Waals surface area contributed by atoms with Crippen molar-refractivity contribution in [1.29, 1.82) is 0 Å². The lowest BCUT2D eigenvalue weighted by molar-refractivity contribution is -0.144. The van der Waals surface area contributed by atoms with Crippen LogP contribution in [0.15, 0.2) is 12.7 Å². The van der Waals surface area contributed by atoms with Crippen molar-refractivity contribution in [1.82, 2.24) is 0 Å². The van der Waals surface area contributed by atoms with E-state index in [4.69, 9.17) is 9.47 Å². The average Bonchev–Trinajstić information content (AvgIpc) is 2.25. The first-order valence-electron chi connectivity index (χ1n) is 5.31. The first-order chi connectivity index (χ1) is 7.35. The smallest absolute Gasteiger partial charge is 0.330 e. The van der Waals surface area contributed by atoms with Gasteiger partial charge in [-0.15, -0.1) is 0 Å². The molecule has 0 aliphatic rings. The van der Waals surface area contributed by atoms with Crippen LogP contribution in [0.2, 0.25) is 0 Å². The molecule has 4 heteroatoms. The van der Waals surface area contributed by atoms with E-state index < -0.39 is 17.5 Å². The zero-order chi connectivity index (χ0) is 12.8. The number of aliphatic hydroxyl groups is 1. The molecule has 0 aliphatic carbocycles. The van der Waals surface area contributed by atoms with Crippen LogP contribution < -0.4 is 0 Å². The second-order valence-electron chi connectivity index (χ2n) is 4.68. The van der Waals surface area contributed by atoms with Crippen LogP contribution in [0.5, 0.6) is 0 Å². The Bertz CT molecular complexity index is 235. The molecule has 4 nitrogen and oxygen atoms in total. The number of hydrogen-bond acceptors (Lipinski definition) is 4. The van der Waals surface area contributed by atoms with Gasteiger partial charge in [0.05, 0.1) is 19.3 Å². The van der Waals surface area contributed by atoms with Crippen LogP contribution in [-0.4, -0.2) is 37.5 Å². The van der Waals surface area contributed by atoms with Gasteiger partial charge in [0.25, 0.3) is 0 Å². The fraction of sp³-hybridized carbons (Fsp3) is 0.750. The molecule has 0 amide bonds. The number of carbonyl (C=O) groups excluding carboxylic acids is 1. The Morgan fingerprint density at radius 1 is 1.56 bits per heavy atom. The van der Waals surface area contributed by atoms with Crippen LogP contribution in [0, 0.1) is 11.3 Å². The minimum atomic E-state index is -0.593. The van der Waals surface area contributed by atoms with Crippen LogP contribution in [0.4, 0.5) is 0 Å². The number of ether oxygens (including phenoxy) is 2. The third kappa shape index (κ3) is 4.77. The number of aliphatic hydroxyl groups excluding tert-OH is 1. The number of hydrogen-bond donors (Lipinski definition) is 1. The second-order valence-corrected chi connectivity index (χ2v) is 4.68. The molecule has 0 aromatic carbocycles. The highest BCUT2D eigenvalue weighted by atomic mass is 16.5. The summed E-state index contributed by atoms with van der Waals surface area (Å²) in [4.78, 5) is 10.9. The normalized spacial score (nSPS) is 15.3. The van der Waals surface area contributed by atoms with Crippen LogP contribution in [-0.2, 0) is 14.3 Å². The van der Waals surface area contributed by atoms with E-state index in [9.17, 15) is 9.90 Å². The van der Waals surface area contributed by atoms with E-state index in [0.717, 1.165) is 6.08 Å². The first-order valence-corrected chi connectivity index (χ1v) is 5.31. The lowest BCUT2D eigenvalue weighted by Gasteiger charge is -2.33. The lowest BCUT2D eigenvalue weighted by Crippen LogP contribution is -2.40. The molecule has 1 N–H and O–H groups in total. The van der Waals surface area contributed by atoms with Gasteiger partial charge in [-0.05, 0) is 0 Å². The summed E-state index contributed by atoms with van der Waals surface area (Å²) in [7, 11) is 1.59. The summed E-state index contributed by atoms with van der Waals surface area (Å²) >= 11 is 0. The standard InChI is InChI=1S/C12H22O4/c1-6-10(13)16-8-12(3,4)11(14)9(2)7-15-5/h6,9,11,14H,1,7-8H2,2-5H3. The van der Waals surface area contributed by atoms with Crippen LogP contribution in [0.25, 0.3) is 0 Å². The molecular formula is C12H22O4. The number of carbonyl (C=O) groups is 1. The molecule has 0 saturated heterocycles. The molecule has 0 aromatic rings. The summed E-state index contributed by atoms with van der Waals surface area (Å²) in [5, 5.41) is 10.1. The fourth-order valence-electron chi connectivity index (χ4n) is 1.53. The molecule has 0 fully saturated rings. The highest BCUT2D eigenvalue weighted by molar-refractivity contribution is 5.81. The van der Waals surface area contributed by atoms with Gasteiger partial charge in [0.1, 0.15) is 0 Å². The SMILES string of the molecule is C=CC(=O)OCC(C)(C)C(O)C(C)COC. The molecule has 94 valence electrons. The van der Waals surface area contributed by atoms with Gasteiger partial charge in [0, 0.05) is 24.5 Å². The molecule has 0 aliphatic heterocycles. The second kappa shape index (κ2) is 6.66. The van der Waals surface area contributed by atoms with Crippen molar-refractivity contribution in [3.63, 3.8) is 0 Å². The Hall–Kier alpha value is -0.870. The summed E-state index contributed by atoms with van der Waals surface area (Å²) in [6.07, 6.45) is 0.520. The summed E-state index contributed by atoms with van der Waals surface area (Å²) < 4.78 is 9.93. The minimum absolute atomic E-state index is 0.0116. The van der Waals surface area contributed by atoms with E-state index in [1.807, 2.05) is 20.8 Å². The van der Waals surface area contributed by atoms with Crippen molar-refractivity contribution in [2.24, 2.45) is 11.3 Å². The summed E-state index contributed by atoms with van der Waals surface area (Å²) in [6.45, 7) is 9.53. The highest BCUT2D eigenvalue weighted by Crippen LogP contribution is 2.26. The van der Waals surface area contributed by atoms with Gasteiger partial charge >= 0.3 is 5.97 Å². The lowest BCUT2D eigenvalue weighted by atomic mass is 9.81. The predicted octanol–water partition coefficient (Wildman–Crippen LogP) is 1.39. The first kappa shape index (κ1) is 15.1. The van der Waals surface area contributed by atoms with Gasteiger partial charge in [0.15, 0.2) is 0 Å². The Morgan fingerprint density at radius 2 is 2.12 bits per heavy atom. The maximum absolute atomic E-state index is 10.9. The highest BCUT2D eigenvalue weighted by Gasteiger charge is 2.33. The maximum Gasteiger partial charge on any atom is 0.330 e. The van der Waals surface area contributed by atoms with Crippen LogP contribution in [0.1, 0.15) is 20.8 Å². The van der Waals surface area contributed by atoms with Crippen molar-refractivity contribution < 1.29 is 19.4 Å². The van der Waals surface area contributed by atoms with E-state index in [1.54, 1.807) is 7.11 Å². The van der Waals surface area contributed by atoms with Crippen molar-refractivity contribution in [2.45, 2.75) is 26.9 Å². The molecule has 0 heterocycles. The van der Waals surface area contributed by atoms with Gasteiger partial charge in [-0.1, -0.05) is 27.4 Å². The third-order valence-corrected chi connectivity index (χ3v) is 2.52. The minimum Gasteiger partial charge on any atom is -0.462 e. The summed E-state index contributed by atoms with van der Waals surface area (Å²) in [5.41, 5.74) is -0.503. The topological polar surface area (TPSA) is 55.8 Å². The molecule has 2 unspecified atom stereocenters. The zero-order valence-corrected chi connectivity index (χ0v) is 10.5. The molecule has 0 radical (unpaired) electrons. The van der Waals surface area contributed by atoms with Crippen LogP contribution in [0.3, 0.4) is 0 Å². The van der Waals surface area contributed by atoms with Crippen molar-refractivity contribution in [2.75, 3.05) is 20.3 Å². The van der Waals surface area contributed by atoms with E-state index in [2.05, 4.69) is 6.58 Å². The van der Waals surface area contributed by atoms with Gasteiger partial charge in [0.2, 0.25) is 0 Å². The van der Waals surface area contributed by atoms with Gasteiger partial charge in [-0.3, -0.25) is 0 Å². The molecular weight excluding hydrogens is 208 g/mol.